The minimum atomic E-state index is -0.548. The average molecular weight is 286 g/mol. The fourth-order valence-corrected chi connectivity index (χ4v) is 1.96. The SMILES string of the molecule is O=C(C[C@H]1NCCNC1=O)Nc1ccc(F)c(Cl)c1. The van der Waals surface area contributed by atoms with Crippen LogP contribution in [-0.2, 0) is 9.59 Å². The van der Waals surface area contributed by atoms with Gasteiger partial charge >= 0.3 is 0 Å². The van der Waals surface area contributed by atoms with Crippen LogP contribution in [0.2, 0.25) is 5.02 Å². The molecule has 1 aliphatic rings. The van der Waals surface area contributed by atoms with Crippen LogP contribution < -0.4 is 16.0 Å². The van der Waals surface area contributed by atoms with Gasteiger partial charge in [0.05, 0.1) is 17.5 Å². The fraction of sp³-hybridized carbons (Fsp3) is 0.333. The van der Waals surface area contributed by atoms with E-state index in [1.165, 1.54) is 18.2 Å². The quantitative estimate of drug-likeness (QED) is 0.773. The van der Waals surface area contributed by atoms with Gasteiger partial charge in [0.25, 0.3) is 0 Å². The van der Waals surface area contributed by atoms with Crippen LogP contribution in [0.5, 0.6) is 0 Å². The molecule has 0 spiro atoms. The van der Waals surface area contributed by atoms with E-state index in [2.05, 4.69) is 16.0 Å². The van der Waals surface area contributed by atoms with Crippen molar-refractivity contribution in [2.24, 2.45) is 0 Å². The van der Waals surface area contributed by atoms with Gasteiger partial charge in [0, 0.05) is 18.8 Å². The Hall–Kier alpha value is -1.66. The van der Waals surface area contributed by atoms with Crippen molar-refractivity contribution < 1.29 is 14.0 Å². The highest BCUT2D eigenvalue weighted by Crippen LogP contribution is 2.19. The van der Waals surface area contributed by atoms with E-state index in [-0.39, 0.29) is 23.3 Å². The number of amides is 2. The maximum atomic E-state index is 13.0. The Morgan fingerprint density at radius 1 is 1.47 bits per heavy atom. The monoisotopic (exact) mass is 285 g/mol. The normalized spacial score (nSPS) is 18.8. The van der Waals surface area contributed by atoms with Gasteiger partial charge in [-0.05, 0) is 18.2 Å². The number of hydrogen-bond acceptors (Lipinski definition) is 3. The van der Waals surface area contributed by atoms with E-state index in [9.17, 15) is 14.0 Å². The third-order valence-electron chi connectivity index (χ3n) is 2.72. The first-order valence-corrected chi connectivity index (χ1v) is 6.20. The molecule has 1 heterocycles. The predicted molar refractivity (Wildman–Crippen MR) is 69.5 cm³/mol. The summed E-state index contributed by atoms with van der Waals surface area (Å²) in [6.07, 6.45) is 0.0147. The molecule has 0 unspecified atom stereocenters. The van der Waals surface area contributed by atoms with Crippen molar-refractivity contribution in [1.82, 2.24) is 10.6 Å². The number of carbonyl (C=O) groups excluding carboxylic acids is 2. The summed E-state index contributed by atoms with van der Waals surface area (Å²) in [6.45, 7) is 1.19. The molecule has 19 heavy (non-hydrogen) atoms. The highest BCUT2D eigenvalue weighted by Gasteiger charge is 2.24. The maximum absolute atomic E-state index is 13.0. The van der Waals surface area contributed by atoms with Gasteiger partial charge in [0.15, 0.2) is 0 Å². The summed E-state index contributed by atoms with van der Waals surface area (Å²) in [7, 11) is 0. The van der Waals surface area contributed by atoms with Crippen LogP contribution in [0.1, 0.15) is 6.42 Å². The molecule has 1 fully saturated rings. The van der Waals surface area contributed by atoms with E-state index in [0.717, 1.165) is 0 Å². The molecule has 1 aliphatic heterocycles. The number of piperazine rings is 1. The Kier molecular flexibility index (Phi) is 4.34. The van der Waals surface area contributed by atoms with Gasteiger partial charge in [-0.1, -0.05) is 11.6 Å². The van der Waals surface area contributed by atoms with E-state index in [1.807, 2.05) is 0 Å². The number of anilines is 1. The molecule has 2 rings (SSSR count). The summed E-state index contributed by atoms with van der Waals surface area (Å²) in [5.74, 6) is -1.08. The molecule has 1 atom stereocenters. The molecule has 0 aliphatic carbocycles. The molecule has 1 aromatic rings. The highest BCUT2D eigenvalue weighted by molar-refractivity contribution is 6.31. The van der Waals surface area contributed by atoms with E-state index in [1.54, 1.807) is 0 Å². The fourth-order valence-electron chi connectivity index (χ4n) is 1.78. The molecule has 0 bridgehead atoms. The molecule has 1 aromatic carbocycles. The first-order valence-electron chi connectivity index (χ1n) is 5.82. The minimum absolute atomic E-state index is 0.0147. The minimum Gasteiger partial charge on any atom is -0.353 e. The van der Waals surface area contributed by atoms with Crippen molar-refractivity contribution in [2.75, 3.05) is 18.4 Å². The zero-order valence-corrected chi connectivity index (χ0v) is 10.8. The Balaban J connectivity index is 1.93. The van der Waals surface area contributed by atoms with Gasteiger partial charge in [-0.2, -0.15) is 0 Å². The zero-order valence-electron chi connectivity index (χ0n) is 10.0. The lowest BCUT2D eigenvalue weighted by Crippen LogP contribution is -2.53. The Labute approximate surface area is 114 Å². The largest absolute Gasteiger partial charge is 0.353 e. The highest BCUT2D eigenvalue weighted by atomic mass is 35.5. The molecular formula is C12H13ClFN3O2. The average Bonchev–Trinajstić information content (AvgIpc) is 2.37. The number of benzene rings is 1. The van der Waals surface area contributed by atoms with Gasteiger partial charge in [0.1, 0.15) is 5.82 Å². The van der Waals surface area contributed by atoms with Gasteiger partial charge in [0.2, 0.25) is 11.8 Å². The summed E-state index contributed by atoms with van der Waals surface area (Å²) >= 11 is 5.61. The number of hydrogen-bond donors (Lipinski definition) is 3. The molecule has 7 heteroatoms. The third-order valence-corrected chi connectivity index (χ3v) is 3.01. The molecule has 2 amide bonds. The van der Waals surface area contributed by atoms with Crippen molar-refractivity contribution in [3.63, 3.8) is 0 Å². The summed E-state index contributed by atoms with van der Waals surface area (Å²) in [5, 5.41) is 8.12. The second kappa shape index (κ2) is 5.99. The van der Waals surface area contributed by atoms with Crippen molar-refractivity contribution >= 4 is 29.1 Å². The maximum Gasteiger partial charge on any atom is 0.237 e. The summed E-state index contributed by atoms with van der Waals surface area (Å²) in [5.41, 5.74) is 0.396. The first-order chi connectivity index (χ1) is 9.06. The van der Waals surface area contributed by atoms with Crippen LogP contribution in [0.25, 0.3) is 0 Å². The van der Waals surface area contributed by atoms with Gasteiger partial charge in [-0.15, -0.1) is 0 Å². The van der Waals surface area contributed by atoms with Crippen molar-refractivity contribution in [2.45, 2.75) is 12.5 Å². The van der Waals surface area contributed by atoms with E-state index >= 15 is 0 Å². The van der Waals surface area contributed by atoms with Crippen LogP contribution in [0.4, 0.5) is 10.1 Å². The van der Waals surface area contributed by atoms with Crippen molar-refractivity contribution in [3.05, 3.63) is 29.0 Å². The summed E-state index contributed by atoms with van der Waals surface area (Å²) in [4.78, 5) is 23.2. The molecule has 1 saturated heterocycles. The third kappa shape index (κ3) is 3.65. The first kappa shape index (κ1) is 13.8. The van der Waals surface area contributed by atoms with Crippen LogP contribution in [0.3, 0.4) is 0 Å². The number of rotatable bonds is 3. The van der Waals surface area contributed by atoms with Crippen LogP contribution in [0, 0.1) is 5.82 Å². The molecule has 0 aromatic heterocycles. The number of halogens is 2. The predicted octanol–water partition coefficient (Wildman–Crippen LogP) is 0.896. The standard InChI is InChI=1S/C12H13ClFN3O2/c13-8-5-7(1-2-9(8)14)17-11(18)6-10-12(19)16-4-3-15-10/h1-2,5,10,15H,3-4,6H2,(H,16,19)(H,17,18)/t10-/m1/s1. The van der Waals surface area contributed by atoms with Crippen LogP contribution >= 0.6 is 11.6 Å². The van der Waals surface area contributed by atoms with E-state index < -0.39 is 11.9 Å². The molecule has 5 nitrogen and oxygen atoms in total. The van der Waals surface area contributed by atoms with Crippen molar-refractivity contribution in [1.29, 1.82) is 0 Å². The molecular weight excluding hydrogens is 273 g/mol. The molecule has 0 radical (unpaired) electrons. The number of nitrogens with one attached hydrogen (secondary N) is 3. The molecule has 0 saturated carbocycles. The number of carbonyl (C=O) groups is 2. The molecule has 3 N–H and O–H groups in total. The second-order valence-corrected chi connectivity index (χ2v) is 4.59. The zero-order chi connectivity index (χ0) is 13.8. The van der Waals surface area contributed by atoms with Crippen LogP contribution in [0.15, 0.2) is 18.2 Å². The van der Waals surface area contributed by atoms with E-state index in [4.69, 9.17) is 11.6 Å². The van der Waals surface area contributed by atoms with E-state index in [0.29, 0.717) is 18.8 Å². The smallest absolute Gasteiger partial charge is 0.237 e. The second-order valence-electron chi connectivity index (χ2n) is 4.18. The lowest BCUT2D eigenvalue weighted by Gasteiger charge is -2.22. The Morgan fingerprint density at radius 3 is 2.95 bits per heavy atom. The van der Waals surface area contributed by atoms with Crippen LogP contribution in [-0.4, -0.2) is 30.9 Å². The molecule has 102 valence electrons. The topological polar surface area (TPSA) is 70.2 Å². The lowest BCUT2D eigenvalue weighted by molar-refractivity contribution is -0.127. The van der Waals surface area contributed by atoms with Crippen molar-refractivity contribution in [3.8, 4) is 0 Å². The summed E-state index contributed by atoms with van der Waals surface area (Å²) in [6, 6.07) is 3.37. The Morgan fingerprint density at radius 2 is 2.26 bits per heavy atom. The Bertz CT molecular complexity index is 510. The van der Waals surface area contributed by atoms with Gasteiger partial charge < -0.3 is 16.0 Å². The van der Waals surface area contributed by atoms with Gasteiger partial charge in [-0.3, -0.25) is 9.59 Å². The lowest BCUT2D eigenvalue weighted by atomic mass is 10.1. The summed E-state index contributed by atoms with van der Waals surface area (Å²) < 4.78 is 13.0. The van der Waals surface area contributed by atoms with Gasteiger partial charge in [-0.25, -0.2) is 4.39 Å².